The molecule has 62 valence electrons. The molecule has 0 saturated heterocycles. The lowest BCUT2D eigenvalue weighted by atomic mass is 10.4. The Bertz CT molecular complexity index is 210. The van der Waals surface area contributed by atoms with Crippen molar-refractivity contribution in [1.29, 1.82) is 0 Å². The maximum absolute atomic E-state index is 8.46. The first-order valence-corrected chi connectivity index (χ1v) is 3.61. The Morgan fingerprint density at radius 2 is 2.55 bits per heavy atom. The molecule has 1 heterocycles. The molecule has 0 unspecified atom stereocenters. The maximum atomic E-state index is 8.46. The Balaban J connectivity index is 2.27. The molecule has 0 amide bonds. The Labute approximate surface area is 65.2 Å². The van der Waals surface area contributed by atoms with Crippen LogP contribution >= 0.6 is 0 Å². The van der Waals surface area contributed by atoms with Crippen molar-refractivity contribution in [2.75, 3.05) is 18.5 Å². The zero-order valence-corrected chi connectivity index (χ0v) is 6.50. The second-order valence-electron chi connectivity index (χ2n) is 2.34. The Morgan fingerprint density at radius 1 is 1.73 bits per heavy atom. The lowest BCUT2D eigenvalue weighted by Gasteiger charge is -1.97. The summed E-state index contributed by atoms with van der Waals surface area (Å²) in [6.45, 7) is 2.77. The summed E-state index contributed by atoms with van der Waals surface area (Å²) in [7, 11) is 0. The van der Waals surface area contributed by atoms with E-state index in [9.17, 15) is 0 Å². The normalized spacial score (nSPS) is 10.0. The maximum Gasteiger partial charge on any atom is 0.224 e. The zero-order valence-electron chi connectivity index (χ0n) is 6.50. The number of aromatic nitrogens is 1. The van der Waals surface area contributed by atoms with Crippen LogP contribution < -0.4 is 5.32 Å². The van der Waals surface area contributed by atoms with Gasteiger partial charge >= 0.3 is 0 Å². The summed E-state index contributed by atoms with van der Waals surface area (Å²) >= 11 is 0. The topological polar surface area (TPSA) is 58.3 Å². The molecular formula is C7H12N2O2. The molecule has 0 aliphatic carbocycles. The Kier molecular flexibility index (Phi) is 2.92. The molecule has 0 aliphatic rings. The largest absolute Gasteiger partial charge is 0.396 e. The fourth-order valence-electron chi connectivity index (χ4n) is 0.738. The highest BCUT2D eigenvalue weighted by Crippen LogP contribution is 2.07. The lowest BCUT2D eigenvalue weighted by molar-refractivity contribution is 0.292. The average molecular weight is 156 g/mol. The number of hydrogen-bond acceptors (Lipinski definition) is 4. The Hall–Kier alpha value is -1.03. The van der Waals surface area contributed by atoms with Gasteiger partial charge in [-0.3, -0.25) is 0 Å². The third-order valence-electron chi connectivity index (χ3n) is 1.26. The van der Waals surface area contributed by atoms with E-state index >= 15 is 0 Å². The number of anilines is 1. The molecule has 0 aliphatic heterocycles. The lowest BCUT2D eigenvalue weighted by Crippen LogP contribution is -2.01. The molecule has 11 heavy (non-hydrogen) atoms. The summed E-state index contributed by atoms with van der Waals surface area (Å²) < 4.78 is 4.87. The van der Waals surface area contributed by atoms with Gasteiger partial charge in [0.2, 0.25) is 5.88 Å². The highest BCUT2D eigenvalue weighted by atomic mass is 16.5. The molecule has 2 N–H and O–H groups in total. The van der Waals surface area contributed by atoms with Gasteiger partial charge in [-0.15, -0.1) is 0 Å². The summed E-state index contributed by atoms with van der Waals surface area (Å²) in [5.41, 5.74) is 0.858. The predicted molar refractivity (Wildman–Crippen MR) is 41.4 cm³/mol. The van der Waals surface area contributed by atoms with E-state index in [0.29, 0.717) is 12.4 Å². The monoisotopic (exact) mass is 156 g/mol. The van der Waals surface area contributed by atoms with Crippen molar-refractivity contribution in [3.05, 3.63) is 11.8 Å². The summed E-state index contributed by atoms with van der Waals surface area (Å²) in [6.07, 6.45) is 0.722. The van der Waals surface area contributed by atoms with Crippen molar-refractivity contribution in [3.63, 3.8) is 0 Å². The zero-order chi connectivity index (χ0) is 8.10. The van der Waals surface area contributed by atoms with Gasteiger partial charge in [0.15, 0.2) is 0 Å². The smallest absolute Gasteiger partial charge is 0.224 e. The minimum atomic E-state index is 0.195. The standard InChI is InChI=1S/C7H12N2O2/c1-6-5-7(11-9-6)8-3-2-4-10/h5,8,10H,2-4H2,1H3. The molecule has 0 radical (unpaired) electrons. The van der Waals surface area contributed by atoms with Crippen molar-refractivity contribution in [1.82, 2.24) is 5.16 Å². The molecule has 0 aromatic carbocycles. The van der Waals surface area contributed by atoms with Gasteiger partial charge in [0.05, 0.1) is 5.69 Å². The Morgan fingerprint density at radius 3 is 3.09 bits per heavy atom. The van der Waals surface area contributed by atoms with Gasteiger partial charge in [-0.2, -0.15) is 0 Å². The van der Waals surface area contributed by atoms with E-state index in [1.54, 1.807) is 0 Å². The highest BCUT2D eigenvalue weighted by molar-refractivity contribution is 5.30. The number of aliphatic hydroxyl groups excluding tert-OH is 1. The van der Waals surface area contributed by atoms with Gasteiger partial charge < -0.3 is 14.9 Å². The second-order valence-corrected chi connectivity index (χ2v) is 2.34. The number of aryl methyl sites for hydroxylation is 1. The van der Waals surface area contributed by atoms with Gasteiger partial charge in [-0.05, 0) is 13.3 Å². The molecule has 1 aromatic heterocycles. The molecule has 1 aromatic rings. The molecule has 0 fully saturated rings. The minimum absolute atomic E-state index is 0.195. The van der Waals surface area contributed by atoms with Crippen molar-refractivity contribution in [2.45, 2.75) is 13.3 Å². The van der Waals surface area contributed by atoms with E-state index in [1.165, 1.54) is 0 Å². The quantitative estimate of drug-likeness (QED) is 0.632. The van der Waals surface area contributed by atoms with E-state index in [2.05, 4.69) is 10.5 Å². The van der Waals surface area contributed by atoms with Crippen LogP contribution in [-0.2, 0) is 0 Å². The van der Waals surface area contributed by atoms with Crippen molar-refractivity contribution in [2.24, 2.45) is 0 Å². The predicted octanol–water partition coefficient (Wildman–Crippen LogP) is 0.777. The SMILES string of the molecule is Cc1cc(NCCCO)on1. The van der Waals surface area contributed by atoms with Crippen LogP contribution in [0.4, 0.5) is 5.88 Å². The first-order valence-electron chi connectivity index (χ1n) is 3.61. The number of aliphatic hydroxyl groups is 1. The van der Waals surface area contributed by atoms with Gasteiger partial charge in [-0.25, -0.2) is 0 Å². The fraction of sp³-hybridized carbons (Fsp3) is 0.571. The molecule has 0 bridgehead atoms. The van der Waals surface area contributed by atoms with Crippen LogP contribution in [0.15, 0.2) is 10.6 Å². The van der Waals surface area contributed by atoms with Crippen LogP contribution in [0.2, 0.25) is 0 Å². The van der Waals surface area contributed by atoms with Gasteiger partial charge in [0.1, 0.15) is 0 Å². The van der Waals surface area contributed by atoms with Crippen LogP contribution in [-0.4, -0.2) is 23.4 Å². The third-order valence-corrected chi connectivity index (χ3v) is 1.26. The highest BCUT2D eigenvalue weighted by Gasteiger charge is 1.96. The number of nitrogens with zero attached hydrogens (tertiary/aromatic N) is 1. The fourth-order valence-corrected chi connectivity index (χ4v) is 0.738. The first kappa shape index (κ1) is 8.07. The summed E-state index contributed by atoms with van der Waals surface area (Å²) in [5.74, 6) is 0.663. The summed E-state index contributed by atoms with van der Waals surface area (Å²) in [4.78, 5) is 0. The van der Waals surface area contributed by atoms with E-state index in [0.717, 1.165) is 12.1 Å². The van der Waals surface area contributed by atoms with Crippen molar-refractivity contribution in [3.8, 4) is 0 Å². The van der Waals surface area contributed by atoms with Gasteiger partial charge in [0, 0.05) is 19.2 Å². The van der Waals surface area contributed by atoms with Crippen molar-refractivity contribution < 1.29 is 9.63 Å². The van der Waals surface area contributed by atoms with E-state index in [4.69, 9.17) is 9.63 Å². The van der Waals surface area contributed by atoms with Crippen LogP contribution in [0.3, 0.4) is 0 Å². The van der Waals surface area contributed by atoms with Crippen LogP contribution in [0.1, 0.15) is 12.1 Å². The van der Waals surface area contributed by atoms with Gasteiger partial charge in [0.25, 0.3) is 0 Å². The van der Waals surface area contributed by atoms with Crippen LogP contribution in [0.25, 0.3) is 0 Å². The third kappa shape index (κ3) is 2.59. The number of hydrogen-bond donors (Lipinski definition) is 2. The molecule has 4 heteroatoms. The summed E-state index contributed by atoms with van der Waals surface area (Å²) in [6, 6.07) is 1.82. The first-order chi connectivity index (χ1) is 5.33. The number of nitrogens with one attached hydrogen (secondary N) is 1. The molecule has 0 atom stereocenters. The summed E-state index contributed by atoms with van der Waals surface area (Å²) in [5, 5.41) is 15.1. The minimum Gasteiger partial charge on any atom is -0.396 e. The van der Waals surface area contributed by atoms with E-state index in [1.807, 2.05) is 13.0 Å². The molecule has 0 saturated carbocycles. The number of rotatable bonds is 4. The van der Waals surface area contributed by atoms with Crippen molar-refractivity contribution >= 4 is 5.88 Å². The van der Waals surface area contributed by atoms with Crippen LogP contribution in [0, 0.1) is 6.92 Å². The average Bonchev–Trinajstić information content (AvgIpc) is 2.37. The molecule has 0 spiro atoms. The molecular weight excluding hydrogens is 144 g/mol. The molecule has 1 rings (SSSR count). The van der Waals surface area contributed by atoms with Crippen LogP contribution in [0.5, 0.6) is 0 Å². The van der Waals surface area contributed by atoms with E-state index < -0.39 is 0 Å². The van der Waals surface area contributed by atoms with E-state index in [-0.39, 0.29) is 6.61 Å². The molecule has 4 nitrogen and oxygen atoms in total. The second kappa shape index (κ2) is 3.98. The van der Waals surface area contributed by atoms with Gasteiger partial charge in [-0.1, -0.05) is 5.16 Å².